The molecule has 5 nitrogen and oxygen atoms in total. The lowest BCUT2D eigenvalue weighted by Crippen LogP contribution is -2.27. The normalized spacial score (nSPS) is 11.2. The largest absolute Gasteiger partial charge is 0.444 e. The maximum atomic E-state index is 11.7. The highest BCUT2D eigenvalue weighted by Crippen LogP contribution is 2.30. The van der Waals surface area contributed by atoms with Gasteiger partial charge in [0.25, 0.3) is 0 Å². The van der Waals surface area contributed by atoms with Crippen LogP contribution in [0, 0.1) is 0 Å². The van der Waals surface area contributed by atoms with E-state index in [1.54, 1.807) is 45.2 Å². The van der Waals surface area contributed by atoms with Gasteiger partial charge in [-0.15, -0.1) is 0 Å². The molecule has 1 heterocycles. The molecule has 0 spiro atoms. The fraction of sp³-hybridized carbons (Fsp3) is 0.286. The van der Waals surface area contributed by atoms with E-state index in [9.17, 15) is 4.79 Å². The molecule has 0 unspecified atom stereocenters. The van der Waals surface area contributed by atoms with Crippen LogP contribution in [0.1, 0.15) is 20.8 Å². The van der Waals surface area contributed by atoms with E-state index in [0.29, 0.717) is 22.0 Å². The molecule has 1 aromatic carbocycles. The Balaban J connectivity index is 2.18. The Hall–Kier alpha value is -2.01. The third-order valence-electron chi connectivity index (χ3n) is 2.31. The topological polar surface area (TPSA) is 64.4 Å². The number of oxazole rings is 1. The van der Waals surface area contributed by atoms with E-state index in [4.69, 9.17) is 20.8 Å². The van der Waals surface area contributed by atoms with E-state index in [2.05, 4.69) is 10.3 Å². The predicted molar refractivity (Wildman–Crippen MR) is 76.8 cm³/mol. The van der Waals surface area contributed by atoms with Crippen LogP contribution in [0.5, 0.6) is 0 Å². The fourth-order valence-corrected chi connectivity index (χ4v) is 1.77. The van der Waals surface area contributed by atoms with E-state index in [0.717, 1.165) is 0 Å². The number of hydrogen-bond acceptors (Lipinski definition) is 4. The summed E-state index contributed by atoms with van der Waals surface area (Å²) in [6, 6.07) is 5.06. The number of rotatable bonds is 2. The van der Waals surface area contributed by atoms with Gasteiger partial charge in [0.15, 0.2) is 12.2 Å². The van der Waals surface area contributed by atoms with Gasteiger partial charge in [-0.25, -0.2) is 9.78 Å². The second-order valence-electron chi connectivity index (χ2n) is 5.19. The third-order valence-corrected chi connectivity index (χ3v) is 2.64. The second-order valence-corrected chi connectivity index (χ2v) is 5.59. The van der Waals surface area contributed by atoms with Crippen LogP contribution in [0.4, 0.5) is 10.5 Å². The van der Waals surface area contributed by atoms with Crippen LogP contribution >= 0.6 is 11.6 Å². The van der Waals surface area contributed by atoms with Crippen molar-refractivity contribution in [2.24, 2.45) is 0 Å². The van der Waals surface area contributed by atoms with Crippen molar-refractivity contribution in [3.8, 4) is 11.3 Å². The first kappa shape index (κ1) is 14.4. The quantitative estimate of drug-likeness (QED) is 0.894. The van der Waals surface area contributed by atoms with Gasteiger partial charge in [0.2, 0.25) is 0 Å². The maximum absolute atomic E-state index is 11.7. The molecular formula is C14H15ClN2O3. The van der Waals surface area contributed by atoms with Gasteiger partial charge >= 0.3 is 6.09 Å². The van der Waals surface area contributed by atoms with Crippen LogP contribution in [0.25, 0.3) is 11.3 Å². The highest BCUT2D eigenvalue weighted by molar-refractivity contribution is 6.33. The molecule has 6 heteroatoms. The molecule has 0 fully saturated rings. The highest BCUT2D eigenvalue weighted by Gasteiger charge is 2.17. The van der Waals surface area contributed by atoms with Crippen molar-refractivity contribution in [2.75, 3.05) is 5.32 Å². The summed E-state index contributed by atoms with van der Waals surface area (Å²) in [4.78, 5) is 15.6. The van der Waals surface area contributed by atoms with Gasteiger partial charge < -0.3 is 9.15 Å². The summed E-state index contributed by atoms with van der Waals surface area (Å²) in [5.74, 6) is 0.530. The number of anilines is 1. The number of carbonyl (C=O) groups is 1. The van der Waals surface area contributed by atoms with E-state index in [-0.39, 0.29) is 0 Å². The van der Waals surface area contributed by atoms with Crippen molar-refractivity contribution >= 4 is 23.4 Å². The molecule has 0 bridgehead atoms. The Bertz CT molecular complexity index is 603. The van der Waals surface area contributed by atoms with Crippen molar-refractivity contribution in [3.63, 3.8) is 0 Å². The first-order chi connectivity index (χ1) is 9.35. The Kier molecular flexibility index (Phi) is 3.99. The molecule has 0 saturated heterocycles. The standard InChI is InChI=1S/C14H15ClN2O3/c1-14(2,3)20-13(18)17-9-4-5-11(15)10(6-9)12-7-16-8-19-12/h4-8H,1-3H3,(H,17,18). The van der Waals surface area contributed by atoms with Crippen molar-refractivity contribution in [1.82, 2.24) is 4.98 Å². The van der Waals surface area contributed by atoms with Crippen LogP contribution in [0.15, 0.2) is 35.2 Å². The van der Waals surface area contributed by atoms with E-state index >= 15 is 0 Å². The van der Waals surface area contributed by atoms with Crippen molar-refractivity contribution in [3.05, 3.63) is 35.8 Å². The zero-order valence-electron chi connectivity index (χ0n) is 11.4. The lowest BCUT2D eigenvalue weighted by atomic mass is 10.1. The molecule has 0 aliphatic heterocycles. The molecule has 1 amide bonds. The average Bonchev–Trinajstić information content (AvgIpc) is 2.82. The molecule has 0 atom stereocenters. The average molecular weight is 295 g/mol. The Morgan fingerprint density at radius 1 is 1.40 bits per heavy atom. The van der Waals surface area contributed by atoms with Crippen molar-refractivity contribution in [2.45, 2.75) is 26.4 Å². The number of amides is 1. The molecule has 0 radical (unpaired) electrons. The van der Waals surface area contributed by atoms with Gasteiger partial charge in [-0.3, -0.25) is 5.32 Å². The molecule has 0 aliphatic rings. The number of carbonyl (C=O) groups excluding carboxylic acids is 1. The van der Waals surface area contributed by atoms with Gasteiger partial charge in [-0.2, -0.15) is 0 Å². The lowest BCUT2D eigenvalue weighted by Gasteiger charge is -2.19. The first-order valence-electron chi connectivity index (χ1n) is 6.03. The third kappa shape index (κ3) is 3.74. The Morgan fingerprint density at radius 2 is 2.15 bits per heavy atom. The minimum atomic E-state index is -0.551. The van der Waals surface area contributed by atoms with E-state index in [1.807, 2.05) is 0 Å². The van der Waals surface area contributed by atoms with E-state index < -0.39 is 11.7 Å². The maximum Gasteiger partial charge on any atom is 0.412 e. The Labute approximate surface area is 121 Å². The minimum absolute atomic E-state index is 0.511. The van der Waals surface area contributed by atoms with Gasteiger partial charge in [-0.1, -0.05) is 11.6 Å². The molecule has 20 heavy (non-hydrogen) atoms. The molecule has 2 rings (SSSR count). The number of aromatic nitrogens is 1. The molecule has 2 aromatic rings. The summed E-state index contributed by atoms with van der Waals surface area (Å²) in [6.45, 7) is 5.40. The van der Waals surface area contributed by atoms with Gasteiger partial charge in [0.05, 0.1) is 11.2 Å². The number of nitrogens with zero attached hydrogens (tertiary/aromatic N) is 1. The second kappa shape index (κ2) is 5.54. The SMILES string of the molecule is CC(C)(C)OC(=O)Nc1ccc(Cl)c(-c2cnco2)c1. The number of nitrogens with one attached hydrogen (secondary N) is 1. The molecule has 0 saturated carbocycles. The van der Waals surface area contributed by atoms with Crippen LogP contribution < -0.4 is 5.32 Å². The lowest BCUT2D eigenvalue weighted by molar-refractivity contribution is 0.0636. The van der Waals surface area contributed by atoms with Crippen LogP contribution in [0.3, 0.4) is 0 Å². The number of ether oxygens (including phenoxy) is 1. The summed E-state index contributed by atoms with van der Waals surface area (Å²) >= 11 is 6.10. The number of halogens is 1. The first-order valence-corrected chi connectivity index (χ1v) is 6.41. The monoisotopic (exact) mass is 294 g/mol. The molecule has 0 aliphatic carbocycles. The van der Waals surface area contributed by atoms with E-state index in [1.165, 1.54) is 6.39 Å². The number of benzene rings is 1. The summed E-state index contributed by atoms with van der Waals surface area (Å²) in [5, 5.41) is 3.16. The smallest absolute Gasteiger partial charge is 0.412 e. The van der Waals surface area contributed by atoms with Gasteiger partial charge in [0.1, 0.15) is 5.60 Å². The molecule has 1 N–H and O–H groups in total. The van der Waals surface area contributed by atoms with Gasteiger partial charge in [-0.05, 0) is 39.0 Å². The molecule has 106 valence electrons. The van der Waals surface area contributed by atoms with Crippen molar-refractivity contribution < 1.29 is 13.9 Å². The minimum Gasteiger partial charge on any atom is -0.444 e. The summed E-state index contributed by atoms with van der Waals surface area (Å²) in [5.41, 5.74) is 0.664. The zero-order valence-corrected chi connectivity index (χ0v) is 12.2. The molecule has 1 aromatic heterocycles. The fourth-order valence-electron chi connectivity index (χ4n) is 1.56. The van der Waals surface area contributed by atoms with Crippen LogP contribution in [0.2, 0.25) is 5.02 Å². The van der Waals surface area contributed by atoms with Crippen molar-refractivity contribution in [1.29, 1.82) is 0 Å². The summed E-state index contributed by atoms with van der Waals surface area (Å²) in [6.07, 6.45) is 2.35. The van der Waals surface area contributed by atoms with Crippen LogP contribution in [-0.2, 0) is 4.74 Å². The van der Waals surface area contributed by atoms with Crippen LogP contribution in [-0.4, -0.2) is 16.7 Å². The molecular weight excluding hydrogens is 280 g/mol. The van der Waals surface area contributed by atoms with Gasteiger partial charge in [0, 0.05) is 11.3 Å². The zero-order chi connectivity index (χ0) is 14.8. The predicted octanol–water partition coefficient (Wildman–Crippen LogP) is 4.34. The summed E-state index contributed by atoms with van der Waals surface area (Å²) in [7, 11) is 0. The summed E-state index contributed by atoms with van der Waals surface area (Å²) < 4.78 is 10.4. The highest BCUT2D eigenvalue weighted by atomic mass is 35.5. The Morgan fingerprint density at radius 3 is 2.75 bits per heavy atom. The number of hydrogen-bond donors (Lipinski definition) is 1.